The molecule has 1 heterocycles. The Bertz CT molecular complexity index is 589. The summed E-state index contributed by atoms with van der Waals surface area (Å²) < 4.78 is 0. The number of benzene rings is 1. The van der Waals surface area contributed by atoms with Gasteiger partial charge in [-0.25, -0.2) is 0 Å². The number of hydrogen-bond donors (Lipinski definition) is 2. The molecule has 0 radical (unpaired) electrons. The van der Waals surface area contributed by atoms with Crippen LogP contribution in [-0.2, 0) is 16.1 Å². The van der Waals surface area contributed by atoms with E-state index in [-0.39, 0.29) is 25.0 Å². The molecule has 138 valence electrons. The molecule has 1 aliphatic rings. The van der Waals surface area contributed by atoms with Gasteiger partial charge in [0.1, 0.15) is 0 Å². The molecule has 1 aromatic rings. The van der Waals surface area contributed by atoms with Crippen molar-refractivity contribution in [3.63, 3.8) is 0 Å². The minimum atomic E-state index is -0.928. The Balaban J connectivity index is 1.91. The zero-order chi connectivity index (χ0) is 18.2. The summed E-state index contributed by atoms with van der Waals surface area (Å²) in [5, 5.41) is 11.8. The molecule has 0 aliphatic carbocycles. The Morgan fingerprint density at radius 1 is 1.28 bits per heavy atom. The lowest BCUT2D eigenvalue weighted by molar-refractivity contribution is -0.139. The van der Waals surface area contributed by atoms with Crippen LogP contribution in [0.3, 0.4) is 0 Å². The molecule has 1 aliphatic heterocycles. The van der Waals surface area contributed by atoms with E-state index in [1.165, 1.54) is 17.1 Å². The number of rotatable bonds is 8. The van der Waals surface area contributed by atoms with Crippen molar-refractivity contribution in [1.82, 2.24) is 9.80 Å². The van der Waals surface area contributed by atoms with E-state index in [2.05, 4.69) is 16.3 Å². The second kappa shape index (κ2) is 9.79. The third-order valence-corrected chi connectivity index (χ3v) is 5.08. The van der Waals surface area contributed by atoms with Crippen LogP contribution < -0.4 is 5.32 Å². The fourth-order valence-corrected chi connectivity index (χ4v) is 3.72. The maximum Gasteiger partial charge on any atom is 0.317 e. The number of hydrogen-bond acceptors (Lipinski definition) is 5. The minimum Gasteiger partial charge on any atom is -0.480 e. The highest BCUT2D eigenvalue weighted by Gasteiger charge is 2.17. The molecule has 25 heavy (non-hydrogen) atoms. The van der Waals surface area contributed by atoms with Crippen LogP contribution in [0, 0.1) is 0 Å². The maximum absolute atomic E-state index is 12.3. The van der Waals surface area contributed by atoms with E-state index in [0.717, 1.165) is 25.3 Å². The summed E-state index contributed by atoms with van der Waals surface area (Å²) in [4.78, 5) is 27.2. The molecule has 6 nitrogen and oxygen atoms in total. The van der Waals surface area contributed by atoms with Crippen molar-refractivity contribution in [3.8, 4) is 0 Å². The lowest BCUT2D eigenvalue weighted by Crippen LogP contribution is -2.41. The van der Waals surface area contributed by atoms with Crippen molar-refractivity contribution < 1.29 is 14.7 Å². The Labute approximate surface area is 153 Å². The molecule has 1 saturated heterocycles. The molecular weight excluding hydrogens is 338 g/mol. The molecule has 0 aromatic heterocycles. The lowest BCUT2D eigenvalue weighted by Gasteiger charge is -2.26. The van der Waals surface area contributed by atoms with Gasteiger partial charge in [0.2, 0.25) is 5.91 Å². The Morgan fingerprint density at radius 3 is 2.64 bits per heavy atom. The number of nitrogens with one attached hydrogen (secondary N) is 1. The first-order valence-corrected chi connectivity index (χ1v) is 9.74. The van der Waals surface area contributed by atoms with Gasteiger partial charge in [-0.15, -0.1) is 0 Å². The van der Waals surface area contributed by atoms with E-state index >= 15 is 0 Å². The van der Waals surface area contributed by atoms with Crippen molar-refractivity contribution in [2.45, 2.75) is 26.4 Å². The maximum atomic E-state index is 12.3. The summed E-state index contributed by atoms with van der Waals surface area (Å²) in [6, 6.07) is 7.87. The van der Waals surface area contributed by atoms with E-state index in [4.69, 9.17) is 5.11 Å². The predicted molar refractivity (Wildman–Crippen MR) is 102 cm³/mol. The molecule has 7 heteroatoms. The zero-order valence-electron chi connectivity index (χ0n) is 14.9. The van der Waals surface area contributed by atoms with E-state index in [0.29, 0.717) is 0 Å². The van der Waals surface area contributed by atoms with Gasteiger partial charge in [0, 0.05) is 42.9 Å². The van der Waals surface area contributed by atoms with Gasteiger partial charge in [0.05, 0.1) is 13.1 Å². The van der Waals surface area contributed by atoms with Crippen LogP contribution in [0.1, 0.15) is 19.4 Å². The Hall–Kier alpha value is -1.57. The van der Waals surface area contributed by atoms with Gasteiger partial charge < -0.3 is 10.4 Å². The number of thioether (sulfide) groups is 1. The first-order chi connectivity index (χ1) is 11.9. The number of amides is 1. The molecule has 1 fully saturated rings. The topological polar surface area (TPSA) is 72.9 Å². The van der Waals surface area contributed by atoms with Crippen LogP contribution in [0.2, 0.25) is 0 Å². The Morgan fingerprint density at radius 2 is 2.00 bits per heavy atom. The summed E-state index contributed by atoms with van der Waals surface area (Å²) in [6.45, 7) is 6.78. The van der Waals surface area contributed by atoms with Crippen LogP contribution in [0.15, 0.2) is 24.3 Å². The first-order valence-electron chi connectivity index (χ1n) is 8.59. The molecular formula is C18H27N3O3S. The van der Waals surface area contributed by atoms with Crippen LogP contribution in [0.25, 0.3) is 0 Å². The van der Waals surface area contributed by atoms with Gasteiger partial charge in [0.15, 0.2) is 0 Å². The molecule has 2 N–H and O–H groups in total. The number of nitrogens with zero attached hydrogens (tertiary/aromatic N) is 2. The van der Waals surface area contributed by atoms with Crippen molar-refractivity contribution in [2.24, 2.45) is 0 Å². The largest absolute Gasteiger partial charge is 0.480 e. The van der Waals surface area contributed by atoms with Crippen molar-refractivity contribution >= 4 is 29.3 Å². The summed E-state index contributed by atoms with van der Waals surface area (Å²) in [5.41, 5.74) is 1.93. The average Bonchev–Trinajstić information content (AvgIpc) is 2.55. The monoisotopic (exact) mass is 365 g/mol. The van der Waals surface area contributed by atoms with Crippen LogP contribution >= 0.6 is 11.8 Å². The minimum absolute atomic E-state index is 0.00912. The molecule has 0 saturated carbocycles. The number of carboxylic acids is 1. The number of carbonyl (C=O) groups excluding carboxylic acids is 1. The molecule has 1 amide bonds. The molecule has 0 bridgehead atoms. The van der Waals surface area contributed by atoms with E-state index in [9.17, 15) is 9.59 Å². The van der Waals surface area contributed by atoms with Crippen LogP contribution in [0.4, 0.5) is 5.69 Å². The second-order valence-electron chi connectivity index (χ2n) is 6.53. The molecule has 1 aromatic carbocycles. The first kappa shape index (κ1) is 19.8. The highest BCUT2D eigenvalue weighted by atomic mass is 32.2. The van der Waals surface area contributed by atoms with Gasteiger partial charge in [-0.3, -0.25) is 19.4 Å². The SMILES string of the molecule is CC(C)N(CC(=O)O)CC(=O)Nc1cccc(CN2CCSCC2)c1. The summed E-state index contributed by atoms with van der Waals surface area (Å²) >= 11 is 1.99. The predicted octanol–water partition coefficient (Wildman–Crippen LogP) is 1.97. The van der Waals surface area contributed by atoms with Gasteiger partial charge >= 0.3 is 5.97 Å². The average molecular weight is 365 g/mol. The summed E-state index contributed by atoms with van der Waals surface area (Å²) in [7, 11) is 0. The quantitative estimate of drug-likeness (QED) is 0.734. The van der Waals surface area contributed by atoms with Gasteiger partial charge in [-0.2, -0.15) is 11.8 Å². The van der Waals surface area contributed by atoms with Gasteiger partial charge in [-0.05, 0) is 31.5 Å². The third kappa shape index (κ3) is 7.05. The number of carbonyl (C=O) groups is 2. The zero-order valence-corrected chi connectivity index (χ0v) is 15.7. The van der Waals surface area contributed by atoms with E-state index in [1.54, 1.807) is 4.90 Å². The smallest absolute Gasteiger partial charge is 0.317 e. The second-order valence-corrected chi connectivity index (χ2v) is 7.75. The number of anilines is 1. The molecule has 0 unspecified atom stereocenters. The fourth-order valence-electron chi connectivity index (χ4n) is 2.74. The van der Waals surface area contributed by atoms with Crippen molar-refractivity contribution in [3.05, 3.63) is 29.8 Å². The lowest BCUT2D eigenvalue weighted by atomic mass is 10.2. The number of carboxylic acid groups (broad SMARTS) is 1. The standard InChI is InChI=1S/C18H27N3O3S/c1-14(2)21(13-18(23)24)12-17(22)19-16-5-3-4-15(10-16)11-20-6-8-25-9-7-20/h3-5,10,14H,6-9,11-13H2,1-2H3,(H,19,22)(H,23,24). The van der Waals surface area contributed by atoms with E-state index < -0.39 is 5.97 Å². The fraction of sp³-hybridized carbons (Fsp3) is 0.556. The highest BCUT2D eigenvalue weighted by molar-refractivity contribution is 7.99. The van der Waals surface area contributed by atoms with Gasteiger partial charge in [-0.1, -0.05) is 12.1 Å². The van der Waals surface area contributed by atoms with Crippen molar-refractivity contribution in [1.29, 1.82) is 0 Å². The van der Waals surface area contributed by atoms with Gasteiger partial charge in [0.25, 0.3) is 0 Å². The summed E-state index contributed by atoms with van der Waals surface area (Å²) in [6.07, 6.45) is 0. The van der Waals surface area contributed by atoms with E-state index in [1.807, 2.05) is 43.8 Å². The molecule has 0 atom stereocenters. The normalized spacial score (nSPS) is 15.5. The van der Waals surface area contributed by atoms with Crippen LogP contribution in [-0.4, -0.2) is 70.5 Å². The number of aliphatic carboxylic acids is 1. The highest BCUT2D eigenvalue weighted by Crippen LogP contribution is 2.16. The molecule has 2 rings (SSSR count). The van der Waals surface area contributed by atoms with Crippen LogP contribution in [0.5, 0.6) is 0 Å². The third-order valence-electron chi connectivity index (χ3n) is 4.14. The Kier molecular flexibility index (Phi) is 7.74. The van der Waals surface area contributed by atoms with Crippen molar-refractivity contribution in [2.75, 3.05) is 43.0 Å². The summed E-state index contributed by atoms with van der Waals surface area (Å²) in [5.74, 6) is 1.22. The molecule has 0 spiro atoms.